The number of aryl methyl sites for hydroxylation is 3. The van der Waals surface area contributed by atoms with Crippen LogP contribution in [0.4, 0.5) is 4.39 Å². The van der Waals surface area contributed by atoms with Gasteiger partial charge in [0.15, 0.2) is 0 Å². The maximum Gasteiger partial charge on any atom is 0.313 e. The second-order valence-electron chi connectivity index (χ2n) is 13.2. The average Bonchev–Trinajstić information content (AvgIpc) is 3.07. The van der Waals surface area contributed by atoms with Crippen LogP contribution in [0.5, 0.6) is 5.75 Å². The molecule has 2 N–H and O–H groups in total. The number of rotatable bonds is 14. The molecule has 1 fully saturated rings. The third-order valence-electron chi connectivity index (χ3n) is 9.00. The monoisotopic (exact) mass is 648 g/mol. The molecule has 5 nitrogen and oxygen atoms in total. The minimum atomic E-state index is -0.861. The van der Waals surface area contributed by atoms with Crippen molar-refractivity contribution in [2.24, 2.45) is 5.92 Å². The van der Waals surface area contributed by atoms with Crippen LogP contribution in [0, 0.1) is 11.7 Å². The Morgan fingerprint density at radius 1 is 0.915 bits per heavy atom. The van der Waals surface area contributed by atoms with Gasteiger partial charge in [0.05, 0.1) is 12.0 Å². The van der Waals surface area contributed by atoms with Gasteiger partial charge in [-0.15, -0.1) is 0 Å². The van der Waals surface area contributed by atoms with Gasteiger partial charge >= 0.3 is 5.97 Å². The van der Waals surface area contributed by atoms with Gasteiger partial charge < -0.3 is 15.2 Å². The number of benzene rings is 3. The number of hydrogen-bond donors (Lipinski definition) is 2. The van der Waals surface area contributed by atoms with E-state index < -0.39 is 11.4 Å². The topological polar surface area (TPSA) is 61.8 Å². The largest absolute Gasteiger partial charge is 0.494 e. The van der Waals surface area contributed by atoms with E-state index in [2.05, 4.69) is 54.4 Å². The van der Waals surface area contributed by atoms with Crippen LogP contribution in [0.1, 0.15) is 101 Å². The van der Waals surface area contributed by atoms with E-state index in [-0.39, 0.29) is 5.82 Å². The Kier molecular flexibility index (Phi) is 18.4. The minimum Gasteiger partial charge on any atom is -0.494 e. The summed E-state index contributed by atoms with van der Waals surface area (Å²) in [7, 11) is 3.75. The molecule has 0 atom stereocenters. The van der Waals surface area contributed by atoms with E-state index in [4.69, 9.17) is 4.74 Å². The van der Waals surface area contributed by atoms with E-state index in [1.807, 2.05) is 33.2 Å². The predicted molar refractivity (Wildman–Crippen MR) is 195 cm³/mol. The van der Waals surface area contributed by atoms with E-state index >= 15 is 0 Å². The molecule has 0 radical (unpaired) electrons. The Balaban J connectivity index is 0.000000539. The average molecular weight is 649 g/mol. The summed E-state index contributed by atoms with van der Waals surface area (Å²) in [4.78, 5) is 14.1. The zero-order valence-electron chi connectivity index (χ0n) is 30.2. The zero-order chi connectivity index (χ0) is 34.7. The molecular weight excluding hydrogens is 587 g/mol. The molecule has 4 rings (SSSR count). The van der Waals surface area contributed by atoms with Gasteiger partial charge in [0.2, 0.25) is 0 Å². The maximum absolute atomic E-state index is 12.2. The van der Waals surface area contributed by atoms with Gasteiger partial charge in [-0.1, -0.05) is 69.7 Å². The third-order valence-corrected chi connectivity index (χ3v) is 9.00. The summed E-state index contributed by atoms with van der Waals surface area (Å²) in [6.07, 6.45) is 10.5. The van der Waals surface area contributed by atoms with Gasteiger partial charge in [-0.2, -0.15) is 0 Å². The molecular formula is C41H61FN2O3. The molecule has 0 unspecified atom stereocenters. The van der Waals surface area contributed by atoms with Crippen molar-refractivity contribution in [2.75, 3.05) is 33.8 Å². The van der Waals surface area contributed by atoms with Gasteiger partial charge in [-0.05, 0) is 150 Å². The lowest BCUT2D eigenvalue weighted by molar-refractivity contribution is -0.142. The Hall–Kier alpha value is -3.22. The molecule has 260 valence electrons. The third kappa shape index (κ3) is 14.2. The zero-order valence-corrected chi connectivity index (χ0v) is 30.2. The highest BCUT2D eigenvalue weighted by Crippen LogP contribution is 2.27. The van der Waals surface area contributed by atoms with Crippen LogP contribution >= 0.6 is 0 Å². The molecule has 1 saturated heterocycles. The number of carboxylic acids is 1. The number of ether oxygens (including phenoxy) is 1. The van der Waals surface area contributed by atoms with Gasteiger partial charge in [0, 0.05) is 6.54 Å². The van der Waals surface area contributed by atoms with Gasteiger partial charge in [-0.3, -0.25) is 9.69 Å². The van der Waals surface area contributed by atoms with Crippen molar-refractivity contribution < 1.29 is 19.0 Å². The molecule has 0 aliphatic carbocycles. The summed E-state index contributed by atoms with van der Waals surface area (Å²) in [5.41, 5.74) is 5.30. The van der Waals surface area contributed by atoms with Crippen molar-refractivity contribution >= 4 is 5.97 Å². The number of halogens is 1. The molecule has 1 heterocycles. The lowest BCUT2D eigenvalue weighted by atomic mass is 9.84. The molecule has 3 aromatic rings. The highest BCUT2D eigenvalue weighted by atomic mass is 19.1. The van der Waals surface area contributed by atoms with Crippen LogP contribution in [-0.4, -0.2) is 49.8 Å². The number of nitrogens with zero attached hydrogens (tertiary/aromatic N) is 1. The number of unbranched alkanes of at least 4 members (excludes halogenated alkanes) is 1. The molecule has 3 aromatic carbocycles. The van der Waals surface area contributed by atoms with Crippen LogP contribution in [0.15, 0.2) is 66.7 Å². The van der Waals surface area contributed by atoms with Crippen LogP contribution in [0.3, 0.4) is 0 Å². The number of piperidine rings is 1. The normalized spacial score (nSPS) is 13.6. The Morgan fingerprint density at radius 3 is 2.19 bits per heavy atom. The van der Waals surface area contributed by atoms with Gasteiger partial charge in [0.25, 0.3) is 0 Å². The molecule has 6 heteroatoms. The summed E-state index contributed by atoms with van der Waals surface area (Å²) in [6.45, 7) is 14.0. The Bertz CT molecular complexity index is 1300. The summed E-state index contributed by atoms with van der Waals surface area (Å²) < 4.78 is 18.3. The first-order valence-electron chi connectivity index (χ1n) is 17.7. The number of nitrogens with one attached hydrogen (secondary N) is 1. The smallest absolute Gasteiger partial charge is 0.313 e. The summed E-state index contributed by atoms with van der Waals surface area (Å²) in [5, 5.41) is 12.3. The number of aliphatic carboxylic acids is 1. The molecule has 1 aliphatic heterocycles. The van der Waals surface area contributed by atoms with Crippen LogP contribution in [0.25, 0.3) is 0 Å². The first-order valence-corrected chi connectivity index (χ1v) is 17.7. The fourth-order valence-electron chi connectivity index (χ4n) is 5.79. The predicted octanol–water partition coefficient (Wildman–Crippen LogP) is 9.25. The van der Waals surface area contributed by atoms with Crippen molar-refractivity contribution in [3.05, 3.63) is 100 Å². The fourth-order valence-corrected chi connectivity index (χ4v) is 5.79. The highest BCUT2D eigenvalue weighted by molar-refractivity contribution is 5.80. The lowest BCUT2D eigenvalue weighted by Gasteiger charge is -2.32. The highest BCUT2D eigenvalue weighted by Gasteiger charge is 2.29. The minimum absolute atomic E-state index is 0.160. The first-order chi connectivity index (χ1) is 22.6. The van der Waals surface area contributed by atoms with E-state index in [9.17, 15) is 14.3 Å². The van der Waals surface area contributed by atoms with Crippen LogP contribution in [0.2, 0.25) is 0 Å². The van der Waals surface area contributed by atoms with Crippen molar-refractivity contribution in [1.82, 2.24) is 10.2 Å². The second-order valence-corrected chi connectivity index (χ2v) is 13.2. The SMILES string of the molecule is CCCCc1ccc(OCCCC2CCN(Cc3cccc(C(C)(C)C(=O)O)c3)CC2)cc1CC.CCc1ccc(F)cc1.CNC. The molecule has 0 aromatic heterocycles. The molecule has 47 heavy (non-hydrogen) atoms. The number of carboxylic acid groups (broad SMARTS) is 1. The summed E-state index contributed by atoms with van der Waals surface area (Å²) >= 11 is 0. The molecule has 1 aliphatic rings. The summed E-state index contributed by atoms with van der Waals surface area (Å²) in [6, 6.07) is 21.3. The molecule has 0 saturated carbocycles. The quantitative estimate of drug-likeness (QED) is 0.171. The van der Waals surface area contributed by atoms with Crippen molar-refractivity contribution in [1.29, 1.82) is 0 Å². The Labute approximate surface area is 284 Å². The van der Waals surface area contributed by atoms with Crippen molar-refractivity contribution in [3.8, 4) is 5.75 Å². The number of carbonyl (C=O) groups is 1. The van der Waals surface area contributed by atoms with Crippen LogP contribution < -0.4 is 10.1 Å². The van der Waals surface area contributed by atoms with E-state index in [1.165, 1.54) is 72.9 Å². The second kappa shape index (κ2) is 21.6. The lowest BCUT2D eigenvalue weighted by Crippen LogP contribution is -2.33. The fraction of sp³-hybridized carbons (Fsp3) is 0.537. The van der Waals surface area contributed by atoms with Crippen molar-refractivity contribution in [2.45, 2.75) is 104 Å². The first kappa shape index (κ1) is 40.0. The maximum atomic E-state index is 12.2. The van der Waals surface area contributed by atoms with Crippen LogP contribution in [-0.2, 0) is 36.0 Å². The Morgan fingerprint density at radius 2 is 1.60 bits per heavy atom. The van der Waals surface area contributed by atoms with E-state index in [0.29, 0.717) is 0 Å². The van der Waals surface area contributed by atoms with E-state index in [1.54, 1.807) is 26.0 Å². The van der Waals surface area contributed by atoms with Gasteiger partial charge in [0.1, 0.15) is 11.6 Å². The summed E-state index contributed by atoms with van der Waals surface area (Å²) in [5.74, 6) is 0.849. The number of hydrogen-bond acceptors (Lipinski definition) is 4. The molecule has 0 spiro atoms. The molecule has 0 bridgehead atoms. The van der Waals surface area contributed by atoms with E-state index in [0.717, 1.165) is 62.7 Å². The number of likely N-dealkylation sites (tertiary alicyclic amines) is 1. The van der Waals surface area contributed by atoms with Crippen molar-refractivity contribution in [3.63, 3.8) is 0 Å². The molecule has 0 amide bonds. The standard InChI is InChI=1S/C31H45NO3.C8H9F.C2H7N/c1-5-7-12-27-14-15-29(22-26(27)6-2)35-20-9-11-24-16-18-32(19-17-24)23-25-10-8-13-28(21-25)31(3,4)30(33)34;1-2-7-3-5-8(9)6-4-7;1-3-2/h8,10,13-15,21-22,24H,5-7,9,11-12,16-20,23H2,1-4H3,(H,33,34);3-6H,2H2,1H3;3H,1-2H3. The van der Waals surface area contributed by atoms with Gasteiger partial charge in [-0.25, -0.2) is 4.39 Å².